The topological polar surface area (TPSA) is 55.6 Å². The summed E-state index contributed by atoms with van der Waals surface area (Å²) >= 11 is 1.78. The second-order valence-electron chi connectivity index (χ2n) is 5.06. The van der Waals surface area contributed by atoms with Gasteiger partial charge in [0.2, 0.25) is 5.95 Å². The Morgan fingerprint density at radius 2 is 1.86 bits per heavy atom. The minimum absolute atomic E-state index is 0.166. The van der Waals surface area contributed by atoms with Crippen LogP contribution in [0.2, 0.25) is 0 Å². The average Bonchev–Trinajstić information content (AvgIpc) is 3.09. The summed E-state index contributed by atoms with van der Waals surface area (Å²) in [7, 11) is 0. The van der Waals surface area contributed by atoms with E-state index in [-0.39, 0.29) is 6.04 Å². The molecule has 0 amide bonds. The maximum atomic E-state index is 4.08. The van der Waals surface area contributed by atoms with E-state index in [1.807, 2.05) is 24.3 Å². The molecule has 0 aliphatic rings. The van der Waals surface area contributed by atoms with Crippen molar-refractivity contribution >= 4 is 17.3 Å². The molecule has 5 nitrogen and oxygen atoms in total. The zero-order valence-electron chi connectivity index (χ0n) is 12.2. The number of tetrazole rings is 1. The zero-order valence-corrected chi connectivity index (χ0v) is 13.1. The lowest BCUT2D eigenvalue weighted by molar-refractivity contribution is 0.782. The molecule has 0 saturated heterocycles. The normalized spacial score (nSPS) is 12.3. The molecule has 0 bridgehead atoms. The minimum atomic E-state index is 0.166. The number of rotatable bonds is 4. The fraction of sp³-hybridized carbons (Fsp3) is 0.267. The number of hydrogen-bond donors (Lipinski definition) is 1. The summed E-state index contributed by atoms with van der Waals surface area (Å²) in [5.41, 5.74) is 2.16. The second-order valence-corrected chi connectivity index (χ2v) is 6.38. The quantitative estimate of drug-likeness (QED) is 0.801. The van der Waals surface area contributed by atoms with Gasteiger partial charge in [-0.25, -0.2) is 0 Å². The van der Waals surface area contributed by atoms with Crippen LogP contribution in [0.4, 0.5) is 5.95 Å². The van der Waals surface area contributed by atoms with Gasteiger partial charge in [0, 0.05) is 9.75 Å². The minimum Gasteiger partial charge on any atom is -0.345 e. The van der Waals surface area contributed by atoms with Gasteiger partial charge >= 0.3 is 0 Å². The van der Waals surface area contributed by atoms with E-state index in [4.69, 9.17) is 0 Å². The standard InChI is InChI=1S/C15H17N5S/c1-10-4-7-13(8-5-10)20-15(17-18-19-20)16-12(3)14-9-6-11(2)21-14/h4-9,12H,1-3H3,(H,16,17,19)/t12-/m1/s1. The molecule has 21 heavy (non-hydrogen) atoms. The maximum Gasteiger partial charge on any atom is 0.248 e. The highest BCUT2D eigenvalue weighted by atomic mass is 32.1. The highest BCUT2D eigenvalue weighted by Crippen LogP contribution is 2.25. The Balaban J connectivity index is 1.84. The van der Waals surface area contributed by atoms with Gasteiger partial charge < -0.3 is 5.32 Å². The Hall–Kier alpha value is -2.21. The van der Waals surface area contributed by atoms with Gasteiger partial charge in [-0.3, -0.25) is 0 Å². The first-order valence-electron chi connectivity index (χ1n) is 6.82. The van der Waals surface area contributed by atoms with Gasteiger partial charge in [-0.05, 0) is 55.5 Å². The summed E-state index contributed by atoms with van der Waals surface area (Å²) < 4.78 is 1.72. The first-order chi connectivity index (χ1) is 10.1. The predicted octanol–water partition coefficient (Wildman–Crippen LogP) is 3.51. The molecule has 2 heterocycles. The number of nitrogens with zero attached hydrogens (tertiary/aromatic N) is 4. The summed E-state index contributed by atoms with van der Waals surface area (Å²) in [4.78, 5) is 2.57. The van der Waals surface area contributed by atoms with Crippen LogP contribution in [0.5, 0.6) is 0 Å². The molecule has 1 N–H and O–H groups in total. The van der Waals surface area contributed by atoms with Gasteiger partial charge in [0.25, 0.3) is 0 Å². The first kappa shape index (κ1) is 13.8. The van der Waals surface area contributed by atoms with E-state index >= 15 is 0 Å². The number of aryl methyl sites for hydroxylation is 2. The Labute approximate surface area is 127 Å². The molecule has 0 unspecified atom stereocenters. The van der Waals surface area contributed by atoms with Gasteiger partial charge in [-0.2, -0.15) is 4.68 Å². The van der Waals surface area contributed by atoms with E-state index < -0.39 is 0 Å². The van der Waals surface area contributed by atoms with Crippen LogP contribution < -0.4 is 5.32 Å². The highest BCUT2D eigenvalue weighted by Gasteiger charge is 2.13. The molecular formula is C15H17N5S. The van der Waals surface area contributed by atoms with Gasteiger partial charge in [0.15, 0.2) is 0 Å². The molecular weight excluding hydrogens is 282 g/mol. The Kier molecular flexibility index (Phi) is 3.70. The van der Waals surface area contributed by atoms with Crippen LogP contribution in [0.3, 0.4) is 0 Å². The summed E-state index contributed by atoms with van der Waals surface area (Å²) in [6, 6.07) is 12.5. The van der Waals surface area contributed by atoms with Crippen molar-refractivity contribution in [3.05, 3.63) is 51.7 Å². The van der Waals surface area contributed by atoms with E-state index in [9.17, 15) is 0 Å². The van der Waals surface area contributed by atoms with Crippen molar-refractivity contribution in [3.8, 4) is 5.69 Å². The van der Waals surface area contributed by atoms with Crippen LogP contribution in [0.25, 0.3) is 5.69 Å². The molecule has 2 aromatic heterocycles. The Morgan fingerprint density at radius 3 is 2.52 bits per heavy atom. The molecule has 0 saturated carbocycles. The van der Waals surface area contributed by atoms with Crippen LogP contribution in [0, 0.1) is 13.8 Å². The molecule has 3 aromatic rings. The van der Waals surface area contributed by atoms with Gasteiger partial charge in [-0.15, -0.1) is 11.3 Å². The van der Waals surface area contributed by atoms with E-state index in [0.29, 0.717) is 5.95 Å². The third-order valence-corrected chi connectivity index (χ3v) is 4.46. The van der Waals surface area contributed by atoms with Crippen molar-refractivity contribution in [2.75, 3.05) is 5.32 Å². The van der Waals surface area contributed by atoms with E-state index in [1.165, 1.54) is 15.3 Å². The summed E-state index contributed by atoms with van der Waals surface area (Å²) in [5.74, 6) is 0.650. The molecule has 0 fully saturated rings. The van der Waals surface area contributed by atoms with Crippen LogP contribution in [0.15, 0.2) is 36.4 Å². The molecule has 1 atom stereocenters. The van der Waals surface area contributed by atoms with Crippen LogP contribution in [-0.2, 0) is 0 Å². The van der Waals surface area contributed by atoms with E-state index in [2.05, 4.69) is 53.7 Å². The molecule has 0 aliphatic carbocycles. The number of thiophene rings is 1. The summed E-state index contributed by atoms with van der Waals surface area (Å²) in [5, 5.41) is 15.3. The van der Waals surface area contributed by atoms with Crippen molar-refractivity contribution in [2.45, 2.75) is 26.8 Å². The fourth-order valence-corrected chi connectivity index (χ4v) is 2.97. The average molecular weight is 299 g/mol. The number of hydrogen-bond acceptors (Lipinski definition) is 5. The number of anilines is 1. The third-order valence-electron chi connectivity index (χ3n) is 3.28. The lowest BCUT2D eigenvalue weighted by atomic mass is 10.2. The fourth-order valence-electron chi connectivity index (χ4n) is 2.09. The summed E-state index contributed by atoms with van der Waals surface area (Å²) in [6.07, 6.45) is 0. The Morgan fingerprint density at radius 1 is 1.10 bits per heavy atom. The zero-order chi connectivity index (χ0) is 14.8. The molecule has 1 aromatic carbocycles. The van der Waals surface area contributed by atoms with Crippen LogP contribution in [-0.4, -0.2) is 20.2 Å². The third kappa shape index (κ3) is 2.95. The lowest BCUT2D eigenvalue weighted by Crippen LogP contribution is -2.10. The Bertz CT molecular complexity index is 729. The molecule has 108 valence electrons. The smallest absolute Gasteiger partial charge is 0.248 e. The van der Waals surface area contributed by atoms with Crippen molar-refractivity contribution in [3.63, 3.8) is 0 Å². The monoisotopic (exact) mass is 299 g/mol. The lowest BCUT2D eigenvalue weighted by Gasteiger charge is -2.13. The first-order valence-corrected chi connectivity index (χ1v) is 7.63. The molecule has 0 aliphatic heterocycles. The van der Waals surface area contributed by atoms with Gasteiger partial charge in [-0.1, -0.05) is 22.8 Å². The van der Waals surface area contributed by atoms with Crippen molar-refractivity contribution in [1.29, 1.82) is 0 Å². The number of aromatic nitrogens is 4. The van der Waals surface area contributed by atoms with E-state index in [1.54, 1.807) is 16.0 Å². The predicted molar refractivity (Wildman–Crippen MR) is 85.0 cm³/mol. The molecule has 3 rings (SSSR count). The maximum absolute atomic E-state index is 4.08. The van der Waals surface area contributed by atoms with Crippen molar-refractivity contribution in [2.24, 2.45) is 0 Å². The number of benzene rings is 1. The van der Waals surface area contributed by atoms with Crippen molar-refractivity contribution < 1.29 is 0 Å². The largest absolute Gasteiger partial charge is 0.345 e. The summed E-state index contributed by atoms with van der Waals surface area (Å²) in [6.45, 7) is 6.28. The van der Waals surface area contributed by atoms with E-state index in [0.717, 1.165) is 5.69 Å². The molecule has 0 radical (unpaired) electrons. The van der Waals surface area contributed by atoms with Gasteiger partial charge in [0.05, 0.1) is 11.7 Å². The van der Waals surface area contributed by atoms with Crippen LogP contribution >= 0.6 is 11.3 Å². The molecule has 6 heteroatoms. The second kappa shape index (κ2) is 5.65. The van der Waals surface area contributed by atoms with Crippen LogP contribution in [0.1, 0.15) is 28.3 Å². The number of nitrogens with one attached hydrogen (secondary N) is 1. The van der Waals surface area contributed by atoms with Gasteiger partial charge in [0.1, 0.15) is 0 Å². The SMILES string of the molecule is Cc1ccc(-n2nnnc2N[C@H](C)c2ccc(C)s2)cc1. The molecule has 0 spiro atoms. The van der Waals surface area contributed by atoms with Crippen molar-refractivity contribution in [1.82, 2.24) is 20.2 Å². The highest BCUT2D eigenvalue weighted by molar-refractivity contribution is 7.12.